The Hall–Kier alpha value is -2.64. The Kier molecular flexibility index (Phi) is 4.03. The number of nitrogens with zero attached hydrogens (tertiary/aromatic N) is 2. The zero-order valence-corrected chi connectivity index (χ0v) is 12.3. The van der Waals surface area contributed by atoms with E-state index in [9.17, 15) is 19.7 Å². The van der Waals surface area contributed by atoms with E-state index in [1.165, 1.54) is 23.1 Å². The van der Waals surface area contributed by atoms with Gasteiger partial charge in [0.05, 0.1) is 10.3 Å². The highest BCUT2D eigenvalue weighted by Gasteiger charge is 2.42. The molecule has 2 rings (SSSR count). The Morgan fingerprint density at radius 3 is 2.64 bits per heavy atom. The first-order valence-corrected chi connectivity index (χ1v) is 6.77. The van der Waals surface area contributed by atoms with Gasteiger partial charge in [0.1, 0.15) is 0 Å². The summed E-state index contributed by atoms with van der Waals surface area (Å²) in [6.45, 7) is 3.77. The first kappa shape index (κ1) is 15.7. The van der Waals surface area contributed by atoms with Gasteiger partial charge in [0.2, 0.25) is 0 Å². The predicted octanol–water partition coefficient (Wildman–Crippen LogP) is 2.23. The number of nitro benzene ring substituents is 1. The maximum atomic E-state index is 12.2. The molecule has 1 saturated heterocycles. The van der Waals surface area contributed by atoms with Crippen LogP contribution < -0.4 is 5.32 Å². The lowest BCUT2D eigenvalue weighted by Gasteiger charge is -2.21. The Morgan fingerprint density at radius 1 is 1.45 bits per heavy atom. The van der Waals surface area contributed by atoms with Crippen LogP contribution in [0, 0.1) is 22.5 Å². The number of carboxylic acid groups (broad SMARTS) is 1. The topological polar surface area (TPSA) is 113 Å². The van der Waals surface area contributed by atoms with E-state index in [2.05, 4.69) is 5.32 Å². The van der Waals surface area contributed by atoms with Gasteiger partial charge in [-0.25, -0.2) is 4.79 Å². The van der Waals surface area contributed by atoms with Gasteiger partial charge in [0.15, 0.2) is 0 Å². The first-order valence-electron chi connectivity index (χ1n) is 6.77. The third-order valence-electron chi connectivity index (χ3n) is 3.94. The molecule has 118 valence electrons. The van der Waals surface area contributed by atoms with Gasteiger partial charge in [-0.2, -0.15) is 0 Å². The number of rotatable bonds is 3. The molecule has 0 spiro atoms. The van der Waals surface area contributed by atoms with Crippen LogP contribution in [0.4, 0.5) is 16.2 Å². The van der Waals surface area contributed by atoms with Gasteiger partial charge in [-0.1, -0.05) is 0 Å². The van der Waals surface area contributed by atoms with Crippen molar-refractivity contribution in [2.45, 2.75) is 20.3 Å². The van der Waals surface area contributed by atoms with E-state index in [0.717, 1.165) is 0 Å². The summed E-state index contributed by atoms with van der Waals surface area (Å²) < 4.78 is 0. The van der Waals surface area contributed by atoms with Gasteiger partial charge in [-0.3, -0.25) is 14.9 Å². The number of anilines is 1. The number of likely N-dealkylation sites (tertiary alicyclic amines) is 1. The average molecular weight is 307 g/mol. The maximum absolute atomic E-state index is 12.2. The van der Waals surface area contributed by atoms with Crippen molar-refractivity contribution in [3.63, 3.8) is 0 Å². The Balaban J connectivity index is 2.07. The number of amides is 2. The summed E-state index contributed by atoms with van der Waals surface area (Å²) in [6.07, 6.45) is 0.398. The van der Waals surface area contributed by atoms with Crippen LogP contribution in [0.15, 0.2) is 18.2 Å². The molecule has 0 aliphatic carbocycles. The average Bonchev–Trinajstić information content (AvgIpc) is 2.85. The zero-order chi connectivity index (χ0) is 16.5. The molecule has 1 unspecified atom stereocenters. The predicted molar refractivity (Wildman–Crippen MR) is 78.8 cm³/mol. The fourth-order valence-corrected chi connectivity index (χ4v) is 2.40. The summed E-state index contributed by atoms with van der Waals surface area (Å²) in [4.78, 5) is 35.0. The highest BCUT2D eigenvalue weighted by atomic mass is 16.6. The van der Waals surface area contributed by atoms with Crippen LogP contribution in [0.25, 0.3) is 0 Å². The van der Waals surface area contributed by atoms with Crippen LogP contribution in [0.3, 0.4) is 0 Å². The minimum absolute atomic E-state index is 0.0462. The van der Waals surface area contributed by atoms with Crippen molar-refractivity contribution in [1.29, 1.82) is 0 Å². The van der Waals surface area contributed by atoms with Crippen LogP contribution in [0.5, 0.6) is 0 Å². The Labute approximate surface area is 126 Å². The van der Waals surface area contributed by atoms with Gasteiger partial charge in [0.25, 0.3) is 5.69 Å². The lowest BCUT2D eigenvalue weighted by molar-refractivity contribution is -0.384. The molecule has 1 aromatic carbocycles. The highest BCUT2D eigenvalue weighted by molar-refractivity contribution is 5.91. The number of hydrogen-bond donors (Lipinski definition) is 2. The van der Waals surface area contributed by atoms with E-state index in [1.54, 1.807) is 13.8 Å². The van der Waals surface area contributed by atoms with E-state index in [0.29, 0.717) is 24.2 Å². The third kappa shape index (κ3) is 3.00. The summed E-state index contributed by atoms with van der Waals surface area (Å²) in [6, 6.07) is 3.76. The first-order chi connectivity index (χ1) is 10.2. The molecule has 0 bridgehead atoms. The molecule has 1 aliphatic rings. The van der Waals surface area contributed by atoms with Gasteiger partial charge >= 0.3 is 12.0 Å². The number of carbonyl (C=O) groups excluding carboxylic acids is 1. The quantitative estimate of drug-likeness (QED) is 0.656. The molecule has 8 heteroatoms. The summed E-state index contributed by atoms with van der Waals surface area (Å²) >= 11 is 0. The summed E-state index contributed by atoms with van der Waals surface area (Å²) in [5, 5.41) is 22.5. The van der Waals surface area contributed by atoms with Crippen molar-refractivity contribution < 1.29 is 19.6 Å². The number of non-ortho nitro benzene ring substituents is 1. The van der Waals surface area contributed by atoms with Crippen molar-refractivity contribution >= 4 is 23.4 Å². The molecule has 2 N–H and O–H groups in total. The second kappa shape index (κ2) is 5.63. The van der Waals surface area contributed by atoms with Gasteiger partial charge in [-0.15, -0.1) is 0 Å². The molecule has 2 amide bonds. The molecule has 1 atom stereocenters. The number of urea groups is 1. The van der Waals surface area contributed by atoms with E-state index in [4.69, 9.17) is 5.11 Å². The molecule has 22 heavy (non-hydrogen) atoms. The minimum atomic E-state index is -0.929. The molecule has 1 fully saturated rings. The number of nitrogens with one attached hydrogen (secondary N) is 1. The molecular weight excluding hydrogens is 290 g/mol. The zero-order valence-electron chi connectivity index (χ0n) is 12.3. The van der Waals surface area contributed by atoms with Crippen LogP contribution in [0.2, 0.25) is 0 Å². The largest absolute Gasteiger partial charge is 0.481 e. The highest BCUT2D eigenvalue weighted by Crippen LogP contribution is 2.30. The van der Waals surface area contributed by atoms with E-state index < -0.39 is 22.3 Å². The second-order valence-electron chi connectivity index (χ2n) is 5.72. The molecule has 1 aromatic rings. The molecule has 0 radical (unpaired) electrons. The standard InChI is InChI=1S/C14H17N3O5/c1-9-7-10(17(21)22)3-4-11(9)15-13(20)16-6-5-14(2,8-16)12(18)19/h3-4,7H,5-6,8H2,1-2H3,(H,15,20)(H,18,19). The van der Waals surface area contributed by atoms with Crippen molar-refractivity contribution in [2.24, 2.45) is 5.41 Å². The molecule has 8 nitrogen and oxygen atoms in total. The number of carboxylic acids is 1. The number of carbonyl (C=O) groups is 2. The molecule has 0 aromatic heterocycles. The number of nitro groups is 1. The van der Waals surface area contributed by atoms with Crippen LogP contribution in [-0.2, 0) is 4.79 Å². The lowest BCUT2D eigenvalue weighted by atomic mass is 9.90. The number of benzene rings is 1. The number of aryl methyl sites for hydroxylation is 1. The third-order valence-corrected chi connectivity index (χ3v) is 3.94. The van der Waals surface area contributed by atoms with Crippen LogP contribution in [-0.4, -0.2) is 40.0 Å². The number of hydrogen-bond acceptors (Lipinski definition) is 4. The van der Waals surface area contributed by atoms with E-state index in [-0.39, 0.29) is 12.2 Å². The summed E-state index contributed by atoms with van der Waals surface area (Å²) in [7, 11) is 0. The van der Waals surface area contributed by atoms with Gasteiger partial charge < -0.3 is 15.3 Å². The van der Waals surface area contributed by atoms with E-state index in [1.807, 2.05) is 0 Å². The second-order valence-corrected chi connectivity index (χ2v) is 5.72. The van der Waals surface area contributed by atoms with Crippen LogP contribution in [0.1, 0.15) is 18.9 Å². The minimum Gasteiger partial charge on any atom is -0.481 e. The fraction of sp³-hybridized carbons (Fsp3) is 0.429. The monoisotopic (exact) mass is 307 g/mol. The van der Waals surface area contributed by atoms with Gasteiger partial charge in [-0.05, 0) is 31.9 Å². The van der Waals surface area contributed by atoms with Crippen LogP contribution >= 0.6 is 0 Å². The smallest absolute Gasteiger partial charge is 0.321 e. The maximum Gasteiger partial charge on any atom is 0.321 e. The van der Waals surface area contributed by atoms with Gasteiger partial charge in [0, 0.05) is 30.9 Å². The van der Waals surface area contributed by atoms with E-state index >= 15 is 0 Å². The SMILES string of the molecule is Cc1cc([N+](=O)[O-])ccc1NC(=O)N1CCC(C)(C(=O)O)C1. The Bertz CT molecular complexity index is 645. The molecule has 1 heterocycles. The number of aliphatic carboxylic acids is 1. The lowest BCUT2D eigenvalue weighted by Crippen LogP contribution is -2.37. The molecular formula is C14H17N3O5. The van der Waals surface area contributed by atoms with Crippen molar-refractivity contribution in [1.82, 2.24) is 4.90 Å². The van der Waals surface area contributed by atoms with Crippen molar-refractivity contribution in [3.05, 3.63) is 33.9 Å². The Morgan fingerprint density at radius 2 is 2.14 bits per heavy atom. The fourth-order valence-electron chi connectivity index (χ4n) is 2.40. The summed E-state index contributed by atoms with van der Waals surface area (Å²) in [5.41, 5.74) is 0.0689. The molecule has 0 saturated carbocycles. The normalized spacial score (nSPS) is 20.7. The molecule has 1 aliphatic heterocycles. The summed E-state index contributed by atoms with van der Waals surface area (Å²) in [5.74, 6) is -0.922. The van der Waals surface area contributed by atoms with Crippen molar-refractivity contribution in [3.8, 4) is 0 Å². The van der Waals surface area contributed by atoms with Crippen molar-refractivity contribution in [2.75, 3.05) is 18.4 Å².